The van der Waals surface area contributed by atoms with Gasteiger partial charge in [0.2, 0.25) is 5.91 Å². The Balaban J connectivity index is 1.81. The molecule has 150 valence electrons. The van der Waals surface area contributed by atoms with Crippen LogP contribution in [0.4, 0.5) is 0 Å². The van der Waals surface area contributed by atoms with Gasteiger partial charge in [-0.15, -0.1) is 0 Å². The fraction of sp³-hybridized carbons (Fsp3) is 0.810. The van der Waals surface area contributed by atoms with Crippen LogP contribution in [-0.4, -0.2) is 41.0 Å². The number of carbonyl (C=O) groups excluding carboxylic acids is 4. The van der Waals surface area contributed by atoms with Gasteiger partial charge in [0.25, 0.3) is 0 Å². The van der Waals surface area contributed by atoms with Crippen LogP contribution in [0.1, 0.15) is 65.7 Å². The van der Waals surface area contributed by atoms with E-state index in [1.165, 1.54) is 0 Å². The van der Waals surface area contributed by atoms with Crippen molar-refractivity contribution in [1.82, 2.24) is 5.32 Å². The highest BCUT2D eigenvalue weighted by Gasteiger charge is 2.62. The highest BCUT2D eigenvalue weighted by Crippen LogP contribution is 2.60. The lowest BCUT2D eigenvalue weighted by Gasteiger charge is -2.52. The third kappa shape index (κ3) is 3.26. The topological polar surface area (TPSA) is 101 Å². The van der Waals surface area contributed by atoms with Crippen LogP contribution in [-0.2, 0) is 19.2 Å². The predicted molar refractivity (Wildman–Crippen MR) is 98.7 cm³/mol. The minimum Gasteiger partial charge on any atom is -0.394 e. The molecule has 1 amide bonds. The van der Waals surface area contributed by atoms with Crippen molar-refractivity contribution >= 4 is 23.3 Å². The molecule has 6 atom stereocenters. The SMILES string of the molecule is C[C@H](CO)NC(=O)CC[C@@]1(C)C(=O)CC[C@@H]2[C@@H]1C(=O)C[C@]1(C)C(=O)CC[C@@H]21. The Hall–Kier alpha value is -1.56. The number of Topliss-reactive ketones (excluding diaryl/α,β-unsaturated/α-hetero) is 3. The normalized spacial score (nSPS) is 39.7. The summed E-state index contributed by atoms with van der Waals surface area (Å²) in [5.74, 6) is -0.0900. The lowest BCUT2D eigenvalue weighted by Crippen LogP contribution is -2.56. The van der Waals surface area contributed by atoms with Gasteiger partial charge < -0.3 is 10.4 Å². The highest BCUT2D eigenvalue weighted by molar-refractivity contribution is 5.99. The molecule has 3 rings (SSSR count). The summed E-state index contributed by atoms with van der Waals surface area (Å²) in [6.45, 7) is 5.34. The third-order valence-electron chi connectivity index (χ3n) is 7.55. The molecule has 3 fully saturated rings. The first kappa shape index (κ1) is 20.2. The molecule has 0 unspecified atom stereocenters. The van der Waals surface area contributed by atoms with Crippen molar-refractivity contribution in [3.05, 3.63) is 0 Å². The summed E-state index contributed by atoms with van der Waals surface area (Å²) in [7, 11) is 0. The van der Waals surface area contributed by atoms with E-state index in [1.54, 1.807) is 6.92 Å². The second-order valence-electron chi connectivity index (χ2n) is 9.30. The Morgan fingerprint density at radius 1 is 1.19 bits per heavy atom. The van der Waals surface area contributed by atoms with Crippen molar-refractivity contribution in [3.8, 4) is 0 Å². The lowest BCUT2D eigenvalue weighted by atomic mass is 9.48. The van der Waals surface area contributed by atoms with E-state index in [4.69, 9.17) is 5.11 Å². The molecule has 0 aliphatic heterocycles. The van der Waals surface area contributed by atoms with Crippen molar-refractivity contribution in [3.63, 3.8) is 0 Å². The van der Waals surface area contributed by atoms with Crippen molar-refractivity contribution in [2.45, 2.75) is 71.8 Å². The zero-order valence-corrected chi connectivity index (χ0v) is 16.5. The second-order valence-corrected chi connectivity index (χ2v) is 9.30. The Kier molecular flexibility index (Phi) is 5.32. The van der Waals surface area contributed by atoms with Crippen molar-refractivity contribution in [2.75, 3.05) is 6.61 Å². The van der Waals surface area contributed by atoms with Crippen molar-refractivity contribution in [2.24, 2.45) is 28.6 Å². The molecule has 0 heterocycles. The molecule has 3 aliphatic carbocycles. The summed E-state index contributed by atoms with van der Waals surface area (Å²) < 4.78 is 0. The highest BCUT2D eigenvalue weighted by atomic mass is 16.3. The van der Waals surface area contributed by atoms with Gasteiger partial charge in [0.1, 0.15) is 17.3 Å². The van der Waals surface area contributed by atoms with E-state index >= 15 is 0 Å². The molecule has 0 aromatic heterocycles. The number of hydrogen-bond donors (Lipinski definition) is 2. The van der Waals surface area contributed by atoms with Gasteiger partial charge in [-0.1, -0.05) is 13.8 Å². The summed E-state index contributed by atoms with van der Waals surface area (Å²) in [6.07, 6.45) is 3.15. The fourth-order valence-corrected chi connectivity index (χ4v) is 5.97. The first-order valence-corrected chi connectivity index (χ1v) is 10.1. The fourth-order valence-electron chi connectivity index (χ4n) is 5.97. The van der Waals surface area contributed by atoms with Gasteiger partial charge in [-0.05, 0) is 38.0 Å². The molecule has 0 radical (unpaired) electrons. The van der Waals surface area contributed by atoms with Gasteiger partial charge in [0.15, 0.2) is 0 Å². The van der Waals surface area contributed by atoms with Crippen LogP contribution in [0.3, 0.4) is 0 Å². The van der Waals surface area contributed by atoms with Crippen LogP contribution in [0, 0.1) is 28.6 Å². The molecular weight excluding hydrogens is 346 g/mol. The van der Waals surface area contributed by atoms with Crippen LogP contribution < -0.4 is 5.32 Å². The van der Waals surface area contributed by atoms with E-state index in [0.717, 1.165) is 6.42 Å². The zero-order valence-electron chi connectivity index (χ0n) is 16.5. The Bertz CT molecular complexity index is 673. The van der Waals surface area contributed by atoms with Gasteiger partial charge in [0.05, 0.1) is 6.61 Å². The molecule has 3 saturated carbocycles. The number of fused-ring (bicyclic) bond motifs is 3. The van der Waals surface area contributed by atoms with Crippen LogP contribution in [0.25, 0.3) is 0 Å². The second kappa shape index (κ2) is 7.12. The Labute approximate surface area is 160 Å². The van der Waals surface area contributed by atoms with E-state index < -0.39 is 10.8 Å². The first-order chi connectivity index (χ1) is 12.6. The van der Waals surface area contributed by atoms with Crippen LogP contribution in [0.2, 0.25) is 0 Å². The average molecular weight is 377 g/mol. The molecule has 3 aliphatic rings. The molecule has 0 bridgehead atoms. The number of hydrogen-bond acceptors (Lipinski definition) is 5. The molecule has 2 N–H and O–H groups in total. The summed E-state index contributed by atoms with van der Waals surface area (Å²) in [6, 6.07) is -0.332. The molecular formula is C21H31NO5. The molecule has 0 aromatic carbocycles. The van der Waals surface area contributed by atoms with E-state index in [0.29, 0.717) is 25.7 Å². The predicted octanol–water partition coefficient (Wildman–Crippen LogP) is 1.82. The van der Waals surface area contributed by atoms with Gasteiger partial charge in [-0.25, -0.2) is 0 Å². The maximum Gasteiger partial charge on any atom is 0.220 e. The smallest absolute Gasteiger partial charge is 0.220 e. The molecule has 0 saturated heterocycles. The van der Waals surface area contributed by atoms with Crippen LogP contribution in [0.15, 0.2) is 0 Å². The number of nitrogens with one attached hydrogen (secondary N) is 1. The summed E-state index contributed by atoms with van der Waals surface area (Å²) >= 11 is 0. The maximum absolute atomic E-state index is 13.1. The molecule has 6 nitrogen and oxygen atoms in total. The largest absolute Gasteiger partial charge is 0.394 e. The van der Waals surface area contributed by atoms with Gasteiger partial charge >= 0.3 is 0 Å². The Morgan fingerprint density at radius 2 is 1.85 bits per heavy atom. The molecule has 6 heteroatoms. The van der Waals surface area contributed by atoms with Crippen LogP contribution in [0.5, 0.6) is 0 Å². The maximum atomic E-state index is 13.1. The number of amides is 1. The monoisotopic (exact) mass is 377 g/mol. The first-order valence-electron chi connectivity index (χ1n) is 10.1. The van der Waals surface area contributed by atoms with E-state index in [1.807, 2.05) is 13.8 Å². The van der Waals surface area contributed by atoms with Gasteiger partial charge in [-0.2, -0.15) is 0 Å². The lowest BCUT2D eigenvalue weighted by molar-refractivity contribution is -0.160. The van der Waals surface area contributed by atoms with Crippen LogP contribution >= 0.6 is 0 Å². The molecule has 0 aromatic rings. The molecule has 0 spiro atoms. The quantitative estimate of drug-likeness (QED) is 0.761. The zero-order chi connectivity index (χ0) is 20.0. The number of rotatable bonds is 5. The summed E-state index contributed by atoms with van der Waals surface area (Å²) in [5.41, 5.74) is -1.40. The van der Waals surface area contributed by atoms with Crippen molar-refractivity contribution in [1.29, 1.82) is 0 Å². The van der Waals surface area contributed by atoms with Gasteiger partial charge in [0, 0.05) is 48.5 Å². The standard InChI is InChI=1S/C21H31NO5/c1-12(11-23)22-18(27)8-9-20(2)16(25)6-4-13-14-5-7-17(26)21(14,3)10-15(24)19(13)20/h12-14,19,23H,4-11H2,1-3H3,(H,22,27)/t12-,13+,14+,19-,20+,21+/m1/s1. The summed E-state index contributed by atoms with van der Waals surface area (Å²) in [4.78, 5) is 50.6. The van der Waals surface area contributed by atoms with E-state index in [2.05, 4.69) is 5.32 Å². The third-order valence-corrected chi connectivity index (χ3v) is 7.55. The van der Waals surface area contributed by atoms with E-state index in [-0.39, 0.29) is 66.5 Å². The van der Waals surface area contributed by atoms with Gasteiger partial charge in [-0.3, -0.25) is 19.2 Å². The van der Waals surface area contributed by atoms with E-state index in [9.17, 15) is 19.2 Å². The number of ketones is 3. The Morgan fingerprint density at radius 3 is 2.52 bits per heavy atom. The number of carbonyl (C=O) groups is 4. The minimum absolute atomic E-state index is 0.0219. The summed E-state index contributed by atoms with van der Waals surface area (Å²) in [5, 5.41) is 11.8. The average Bonchev–Trinajstić information content (AvgIpc) is 2.90. The number of aliphatic hydroxyl groups is 1. The molecule has 27 heavy (non-hydrogen) atoms. The minimum atomic E-state index is -0.841. The van der Waals surface area contributed by atoms with Crippen molar-refractivity contribution < 1.29 is 24.3 Å². The number of aliphatic hydroxyl groups excluding tert-OH is 1.